The maximum Gasteiger partial charge on any atom is 0.241 e. The average molecular weight is 349 g/mol. The lowest BCUT2D eigenvalue weighted by atomic mass is 10.0. The lowest BCUT2D eigenvalue weighted by molar-refractivity contribution is -0.123. The van der Waals surface area contributed by atoms with Crippen molar-refractivity contribution < 1.29 is 9.53 Å². The Balaban J connectivity index is 0.00000288. The molecule has 0 aliphatic carbocycles. The molecule has 0 saturated carbocycles. The molecule has 0 fully saturated rings. The van der Waals surface area contributed by atoms with Gasteiger partial charge in [-0.05, 0) is 44.0 Å². The van der Waals surface area contributed by atoms with Gasteiger partial charge in [0.2, 0.25) is 5.91 Å². The Morgan fingerprint density at radius 1 is 1.00 bits per heavy atom. The van der Waals surface area contributed by atoms with Gasteiger partial charge in [-0.2, -0.15) is 0 Å². The number of ether oxygens (including phenoxy) is 1. The van der Waals surface area contributed by atoms with Gasteiger partial charge >= 0.3 is 0 Å². The molecule has 2 rings (SSSR count). The normalized spacial score (nSPS) is 12.9. The van der Waals surface area contributed by atoms with E-state index in [0.717, 1.165) is 16.9 Å². The number of halogens is 1. The smallest absolute Gasteiger partial charge is 0.241 e. The summed E-state index contributed by atoms with van der Waals surface area (Å²) in [6.45, 7) is 5.90. The molecule has 0 aromatic heterocycles. The van der Waals surface area contributed by atoms with Crippen LogP contribution in [0.25, 0.3) is 0 Å². The van der Waals surface area contributed by atoms with E-state index in [2.05, 4.69) is 5.32 Å². The quantitative estimate of drug-likeness (QED) is 0.835. The Bertz CT molecular complexity index is 647. The summed E-state index contributed by atoms with van der Waals surface area (Å²) in [7, 11) is 0. The second kappa shape index (κ2) is 9.30. The van der Waals surface area contributed by atoms with Gasteiger partial charge in [-0.3, -0.25) is 4.79 Å². The minimum atomic E-state index is -0.672. The fraction of sp³-hybridized carbons (Fsp3) is 0.316. The Kier molecular flexibility index (Phi) is 7.75. The molecule has 3 N–H and O–H groups in total. The topological polar surface area (TPSA) is 64.3 Å². The van der Waals surface area contributed by atoms with E-state index < -0.39 is 6.04 Å². The van der Waals surface area contributed by atoms with Gasteiger partial charge in [-0.25, -0.2) is 0 Å². The average Bonchev–Trinajstić information content (AvgIpc) is 2.54. The highest BCUT2D eigenvalue weighted by Crippen LogP contribution is 2.21. The highest BCUT2D eigenvalue weighted by atomic mass is 35.5. The second-order valence-electron chi connectivity index (χ2n) is 5.86. The van der Waals surface area contributed by atoms with Gasteiger partial charge in [0, 0.05) is 0 Å². The predicted octanol–water partition coefficient (Wildman–Crippen LogP) is 3.77. The zero-order chi connectivity index (χ0) is 16.8. The van der Waals surface area contributed by atoms with Crippen LogP contribution in [0.15, 0.2) is 54.6 Å². The molecular weight excluding hydrogens is 324 g/mol. The first-order chi connectivity index (χ1) is 11.0. The minimum Gasteiger partial charge on any atom is -0.491 e. The van der Waals surface area contributed by atoms with Crippen LogP contribution in [0.1, 0.15) is 44.0 Å². The summed E-state index contributed by atoms with van der Waals surface area (Å²) >= 11 is 0. The molecule has 0 heterocycles. The van der Waals surface area contributed by atoms with E-state index in [-0.39, 0.29) is 30.5 Å². The summed E-state index contributed by atoms with van der Waals surface area (Å²) in [6.07, 6.45) is 0.113. The van der Waals surface area contributed by atoms with Gasteiger partial charge in [0.25, 0.3) is 0 Å². The van der Waals surface area contributed by atoms with Crippen LogP contribution in [-0.4, -0.2) is 12.0 Å². The van der Waals surface area contributed by atoms with E-state index in [1.807, 2.05) is 75.4 Å². The molecule has 0 aliphatic heterocycles. The van der Waals surface area contributed by atoms with Crippen molar-refractivity contribution in [3.8, 4) is 5.75 Å². The van der Waals surface area contributed by atoms with Crippen molar-refractivity contribution in [2.24, 2.45) is 5.73 Å². The van der Waals surface area contributed by atoms with Crippen molar-refractivity contribution in [2.45, 2.75) is 39.0 Å². The third-order valence-corrected chi connectivity index (χ3v) is 3.53. The summed E-state index contributed by atoms with van der Waals surface area (Å²) in [5, 5.41) is 2.96. The third kappa shape index (κ3) is 5.55. The molecule has 24 heavy (non-hydrogen) atoms. The van der Waals surface area contributed by atoms with E-state index in [1.54, 1.807) is 0 Å². The number of carbonyl (C=O) groups excluding carboxylic acids is 1. The molecule has 1 amide bonds. The number of benzene rings is 2. The number of carbonyl (C=O) groups is 1. The van der Waals surface area contributed by atoms with Crippen molar-refractivity contribution in [2.75, 3.05) is 0 Å². The Morgan fingerprint density at radius 3 is 2.25 bits per heavy atom. The molecule has 2 aromatic carbocycles. The molecule has 4 nitrogen and oxygen atoms in total. The van der Waals surface area contributed by atoms with Crippen molar-refractivity contribution in [3.63, 3.8) is 0 Å². The summed E-state index contributed by atoms with van der Waals surface area (Å²) in [5.41, 5.74) is 7.81. The van der Waals surface area contributed by atoms with Crippen LogP contribution in [-0.2, 0) is 4.79 Å². The van der Waals surface area contributed by atoms with Crippen molar-refractivity contribution in [1.29, 1.82) is 0 Å². The maximum atomic E-state index is 12.3. The SMILES string of the molecule is CC(C)Oc1cccc(C(C)NC(=O)C(N)c2ccccc2)c1.Cl. The molecular formula is C19H25ClN2O2. The van der Waals surface area contributed by atoms with Crippen LogP contribution in [0.5, 0.6) is 5.75 Å². The number of hydrogen-bond donors (Lipinski definition) is 2. The Morgan fingerprint density at radius 2 is 1.62 bits per heavy atom. The predicted molar refractivity (Wildman–Crippen MR) is 99.4 cm³/mol. The Labute approximate surface area is 149 Å². The fourth-order valence-corrected chi connectivity index (χ4v) is 2.33. The zero-order valence-electron chi connectivity index (χ0n) is 14.2. The molecule has 2 aromatic rings. The molecule has 0 bridgehead atoms. The number of nitrogens with one attached hydrogen (secondary N) is 1. The van der Waals surface area contributed by atoms with Gasteiger partial charge in [-0.15, -0.1) is 12.4 Å². The largest absolute Gasteiger partial charge is 0.491 e. The molecule has 0 spiro atoms. The second-order valence-corrected chi connectivity index (χ2v) is 5.86. The molecule has 0 saturated heterocycles. The lowest BCUT2D eigenvalue weighted by Crippen LogP contribution is -2.35. The molecule has 0 aliphatic rings. The first kappa shape index (κ1) is 20.0. The van der Waals surface area contributed by atoms with E-state index in [1.165, 1.54) is 0 Å². The number of amides is 1. The van der Waals surface area contributed by atoms with Crippen molar-refractivity contribution in [3.05, 3.63) is 65.7 Å². The van der Waals surface area contributed by atoms with Crippen LogP contribution in [0.2, 0.25) is 0 Å². The van der Waals surface area contributed by atoms with Gasteiger partial charge < -0.3 is 15.8 Å². The third-order valence-electron chi connectivity index (χ3n) is 3.53. The van der Waals surface area contributed by atoms with Gasteiger partial charge in [-0.1, -0.05) is 42.5 Å². The van der Waals surface area contributed by atoms with E-state index in [9.17, 15) is 4.79 Å². The summed E-state index contributed by atoms with van der Waals surface area (Å²) in [5.74, 6) is 0.602. The van der Waals surface area contributed by atoms with Crippen LogP contribution in [0, 0.1) is 0 Å². The minimum absolute atomic E-state index is 0. The van der Waals surface area contributed by atoms with Crippen molar-refractivity contribution >= 4 is 18.3 Å². The van der Waals surface area contributed by atoms with E-state index in [4.69, 9.17) is 10.5 Å². The van der Waals surface area contributed by atoms with Crippen LogP contribution < -0.4 is 15.8 Å². The van der Waals surface area contributed by atoms with Gasteiger partial charge in [0.05, 0.1) is 12.1 Å². The zero-order valence-corrected chi connectivity index (χ0v) is 15.0. The van der Waals surface area contributed by atoms with Crippen molar-refractivity contribution in [1.82, 2.24) is 5.32 Å². The summed E-state index contributed by atoms with van der Waals surface area (Å²) in [6, 6.07) is 16.3. The molecule has 5 heteroatoms. The first-order valence-electron chi connectivity index (χ1n) is 7.85. The Hall–Kier alpha value is -2.04. The first-order valence-corrected chi connectivity index (χ1v) is 7.85. The molecule has 2 atom stereocenters. The summed E-state index contributed by atoms with van der Waals surface area (Å²) in [4.78, 5) is 12.3. The van der Waals surface area contributed by atoms with E-state index in [0.29, 0.717) is 0 Å². The lowest BCUT2D eigenvalue weighted by Gasteiger charge is -2.19. The number of hydrogen-bond acceptors (Lipinski definition) is 3. The summed E-state index contributed by atoms with van der Waals surface area (Å²) < 4.78 is 5.69. The molecule has 2 unspecified atom stereocenters. The highest BCUT2D eigenvalue weighted by Gasteiger charge is 2.18. The van der Waals surface area contributed by atoms with Crippen LogP contribution in [0.3, 0.4) is 0 Å². The van der Waals surface area contributed by atoms with Gasteiger partial charge in [0.15, 0.2) is 0 Å². The van der Waals surface area contributed by atoms with Crippen LogP contribution >= 0.6 is 12.4 Å². The molecule has 0 radical (unpaired) electrons. The monoisotopic (exact) mass is 348 g/mol. The van der Waals surface area contributed by atoms with E-state index >= 15 is 0 Å². The highest BCUT2D eigenvalue weighted by molar-refractivity contribution is 5.85. The maximum absolute atomic E-state index is 12.3. The number of rotatable bonds is 6. The fourth-order valence-electron chi connectivity index (χ4n) is 2.33. The standard InChI is InChI=1S/C19H24N2O2.ClH/c1-13(2)23-17-11-7-10-16(12-17)14(3)21-19(22)18(20)15-8-5-4-6-9-15;/h4-14,18H,20H2,1-3H3,(H,21,22);1H. The van der Waals surface area contributed by atoms with Crippen LogP contribution in [0.4, 0.5) is 0 Å². The number of nitrogens with two attached hydrogens (primary N) is 1. The van der Waals surface area contributed by atoms with Gasteiger partial charge in [0.1, 0.15) is 11.8 Å². The molecule has 130 valence electrons.